The zero-order valence-electron chi connectivity index (χ0n) is 7.92. The van der Waals surface area contributed by atoms with E-state index in [2.05, 4.69) is 15.9 Å². The van der Waals surface area contributed by atoms with E-state index in [1.165, 1.54) is 5.56 Å². The molecular formula is C11H11BrO2. The number of aryl methyl sites for hydroxylation is 1. The van der Waals surface area contributed by atoms with Crippen LogP contribution in [-0.4, -0.2) is 12.4 Å². The van der Waals surface area contributed by atoms with Crippen molar-refractivity contribution in [2.75, 3.05) is 12.4 Å². The quantitative estimate of drug-likeness (QED) is 0.784. The van der Waals surface area contributed by atoms with Gasteiger partial charge in [0, 0.05) is 10.9 Å². The Balaban J connectivity index is 2.62. The molecule has 0 amide bonds. The molecule has 0 atom stereocenters. The summed E-state index contributed by atoms with van der Waals surface area (Å²) >= 11 is 3.42. The lowest BCUT2D eigenvalue weighted by Crippen LogP contribution is -1.87. The third-order valence-corrected chi connectivity index (χ3v) is 2.62. The van der Waals surface area contributed by atoms with Crippen molar-refractivity contribution in [2.24, 2.45) is 0 Å². The highest BCUT2D eigenvalue weighted by atomic mass is 79.9. The van der Waals surface area contributed by atoms with Crippen LogP contribution in [0, 0.1) is 0 Å². The van der Waals surface area contributed by atoms with Crippen molar-refractivity contribution in [3.8, 4) is 5.75 Å². The molecule has 0 radical (unpaired) electrons. The molecule has 0 aliphatic carbocycles. The van der Waals surface area contributed by atoms with Gasteiger partial charge in [-0.3, -0.25) is 0 Å². The van der Waals surface area contributed by atoms with E-state index in [1.807, 2.05) is 18.2 Å². The molecule has 0 aliphatic rings. The number of halogens is 1. The first-order valence-electron chi connectivity index (χ1n) is 4.46. The standard InChI is InChI=1S/C11H11BrO2/c1-13-9-3-2-4-10-11(9)8(5-6-12)7-14-10/h2-4,7H,5-6H2,1H3. The summed E-state index contributed by atoms with van der Waals surface area (Å²) in [6.07, 6.45) is 2.75. The summed E-state index contributed by atoms with van der Waals surface area (Å²) in [6.45, 7) is 0. The van der Waals surface area contributed by atoms with Crippen molar-refractivity contribution < 1.29 is 9.15 Å². The molecule has 2 aromatic rings. The van der Waals surface area contributed by atoms with Crippen LogP contribution in [0.1, 0.15) is 5.56 Å². The summed E-state index contributed by atoms with van der Waals surface area (Å²) in [7, 11) is 1.68. The van der Waals surface area contributed by atoms with Gasteiger partial charge in [0.25, 0.3) is 0 Å². The lowest BCUT2D eigenvalue weighted by molar-refractivity contribution is 0.419. The fourth-order valence-electron chi connectivity index (χ4n) is 1.58. The number of benzene rings is 1. The number of methoxy groups -OCH3 is 1. The number of ether oxygens (including phenoxy) is 1. The fraction of sp³-hybridized carbons (Fsp3) is 0.273. The van der Waals surface area contributed by atoms with E-state index in [9.17, 15) is 0 Å². The molecule has 1 aromatic heterocycles. The first kappa shape index (κ1) is 9.59. The predicted molar refractivity (Wildman–Crippen MR) is 60.3 cm³/mol. The number of hydrogen-bond acceptors (Lipinski definition) is 2. The molecule has 0 bridgehead atoms. The highest BCUT2D eigenvalue weighted by Crippen LogP contribution is 2.30. The molecular weight excluding hydrogens is 244 g/mol. The lowest BCUT2D eigenvalue weighted by atomic mass is 10.1. The highest BCUT2D eigenvalue weighted by molar-refractivity contribution is 9.09. The minimum Gasteiger partial charge on any atom is -0.496 e. The minimum absolute atomic E-state index is 0.882. The van der Waals surface area contributed by atoms with Gasteiger partial charge in [0.1, 0.15) is 11.3 Å². The van der Waals surface area contributed by atoms with Crippen molar-refractivity contribution in [1.82, 2.24) is 0 Å². The Morgan fingerprint density at radius 3 is 3.00 bits per heavy atom. The van der Waals surface area contributed by atoms with Crippen LogP contribution in [0.4, 0.5) is 0 Å². The fourth-order valence-corrected chi connectivity index (χ4v) is 2.00. The van der Waals surface area contributed by atoms with E-state index in [0.717, 1.165) is 28.5 Å². The summed E-state index contributed by atoms with van der Waals surface area (Å²) in [5.41, 5.74) is 2.08. The Morgan fingerprint density at radius 2 is 2.29 bits per heavy atom. The Bertz CT molecular complexity index is 434. The zero-order valence-corrected chi connectivity index (χ0v) is 9.50. The topological polar surface area (TPSA) is 22.4 Å². The van der Waals surface area contributed by atoms with Crippen LogP contribution < -0.4 is 4.74 Å². The van der Waals surface area contributed by atoms with Gasteiger partial charge in [0.15, 0.2) is 0 Å². The van der Waals surface area contributed by atoms with Crippen LogP contribution >= 0.6 is 15.9 Å². The molecule has 74 valence electrons. The van der Waals surface area contributed by atoms with Crippen molar-refractivity contribution in [3.63, 3.8) is 0 Å². The van der Waals surface area contributed by atoms with Gasteiger partial charge in [0.05, 0.1) is 18.8 Å². The molecule has 0 N–H and O–H groups in total. The average molecular weight is 255 g/mol. The Kier molecular flexibility index (Phi) is 2.77. The highest BCUT2D eigenvalue weighted by Gasteiger charge is 2.09. The zero-order chi connectivity index (χ0) is 9.97. The van der Waals surface area contributed by atoms with Gasteiger partial charge in [-0.1, -0.05) is 22.0 Å². The number of rotatable bonds is 3. The van der Waals surface area contributed by atoms with Crippen molar-refractivity contribution in [1.29, 1.82) is 0 Å². The van der Waals surface area contributed by atoms with E-state index in [4.69, 9.17) is 9.15 Å². The molecule has 0 saturated carbocycles. The van der Waals surface area contributed by atoms with Crippen LogP contribution in [0.25, 0.3) is 11.0 Å². The van der Waals surface area contributed by atoms with Crippen LogP contribution in [0.5, 0.6) is 5.75 Å². The van der Waals surface area contributed by atoms with Gasteiger partial charge in [-0.05, 0) is 18.6 Å². The van der Waals surface area contributed by atoms with Crippen LogP contribution in [0.3, 0.4) is 0 Å². The molecule has 14 heavy (non-hydrogen) atoms. The Labute approximate surface area is 91.0 Å². The third kappa shape index (κ3) is 1.52. The molecule has 0 saturated heterocycles. The number of furan rings is 1. The molecule has 1 heterocycles. The molecule has 0 spiro atoms. The van der Waals surface area contributed by atoms with Gasteiger partial charge in [-0.15, -0.1) is 0 Å². The lowest BCUT2D eigenvalue weighted by Gasteiger charge is -2.01. The Hall–Kier alpha value is -0.960. The molecule has 2 nitrogen and oxygen atoms in total. The predicted octanol–water partition coefficient (Wildman–Crippen LogP) is 3.38. The van der Waals surface area contributed by atoms with E-state index >= 15 is 0 Å². The monoisotopic (exact) mass is 254 g/mol. The summed E-state index contributed by atoms with van der Waals surface area (Å²) in [5, 5.41) is 2.02. The van der Waals surface area contributed by atoms with E-state index in [0.29, 0.717) is 0 Å². The Morgan fingerprint density at radius 1 is 1.43 bits per heavy atom. The van der Waals surface area contributed by atoms with Gasteiger partial charge < -0.3 is 9.15 Å². The van der Waals surface area contributed by atoms with Crippen LogP contribution in [-0.2, 0) is 6.42 Å². The SMILES string of the molecule is COc1cccc2occ(CCBr)c12. The van der Waals surface area contributed by atoms with E-state index < -0.39 is 0 Å². The maximum absolute atomic E-state index is 5.44. The molecule has 0 fully saturated rings. The van der Waals surface area contributed by atoms with E-state index in [-0.39, 0.29) is 0 Å². The molecule has 3 heteroatoms. The smallest absolute Gasteiger partial charge is 0.137 e. The average Bonchev–Trinajstić information content (AvgIpc) is 2.62. The first-order valence-corrected chi connectivity index (χ1v) is 5.58. The first-order chi connectivity index (χ1) is 6.86. The third-order valence-electron chi connectivity index (χ3n) is 2.22. The van der Waals surface area contributed by atoms with Crippen molar-refractivity contribution in [3.05, 3.63) is 30.0 Å². The summed E-state index contributed by atoms with van der Waals surface area (Å²) in [5.74, 6) is 0.882. The molecule has 0 unspecified atom stereocenters. The maximum atomic E-state index is 5.44. The normalized spacial score (nSPS) is 10.7. The molecule has 0 aliphatic heterocycles. The largest absolute Gasteiger partial charge is 0.496 e. The van der Waals surface area contributed by atoms with Crippen molar-refractivity contribution in [2.45, 2.75) is 6.42 Å². The minimum atomic E-state index is 0.882. The van der Waals surface area contributed by atoms with Gasteiger partial charge >= 0.3 is 0 Å². The number of hydrogen-bond donors (Lipinski definition) is 0. The van der Waals surface area contributed by atoms with Gasteiger partial charge in [-0.25, -0.2) is 0 Å². The second-order valence-electron chi connectivity index (χ2n) is 3.03. The van der Waals surface area contributed by atoms with Crippen molar-refractivity contribution >= 4 is 26.9 Å². The molecule has 1 aromatic carbocycles. The van der Waals surface area contributed by atoms with E-state index in [1.54, 1.807) is 13.4 Å². The summed E-state index contributed by atoms with van der Waals surface area (Å²) < 4.78 is 10.7. The maximum Gasteiger partial charge on any atom is 0.137 e. The number of alkyl halides is 1. The van der Waals surface area contributed by atoms with Crippen LogP contribution in [0.2, 0.25) is 0 Å². The van der Waals surface area contributed by atoms with Crippen LogP contribution in [0.15, 0.2) is 28.9 Å². The second kappa shape index (κ2) is 4.05. The van der Waals surface area contributed by atoms with Gasteiger partial charge in [-0.2, -0.15) is 0 Å². The summed E-state index contributed by atoms with van der Waals surface area (Å²) in [4.78, 5) is 0. The van der Waals surface area contributed by atoms with Gasteiger partial charge in [0.2, 0.25) is 0 Å². The second-order valence-corrected chi connectivity index (χ2v) is 3.83. The summed E-state index contributed by atoms with van der Waals surface area (Å²) in [6, 6.07) is 5.84. The molecule has 2 rings (SSSR count). The number of fused-ring (bicyclic) bond motifs is 1.